The van der Waals surface area contributed by atoms with Crippen molar-refractivity contribution in [3.63, 3.8) is 0 Å². The lowest BCUT2D eigenvalue weighted by Gasteiger charge is -2.08. The van der Waals surface area contributed by atoms with E-state index in [2.05, 4.69) is 10.0 Å². The molecule has 0 saturated heterocycles. The Kier molecular flexibility index (Phi) is 4.40. The zero-order valence-electron chi connectivity index (χ0n) is 11.8. The molecule has 2 N–H and O–H groups in total. The molecule has 0 aliphatic carbocycles. The van der Waals surface area contributed by atoms with E-state index in [1.807, 2.05) is 19.1 Å². The third-order valence-electron chi connectivity index (χ3n) is 3.08. The van der Waals surface area contributed by atoms with Gasteiger partial charge in [-0.15, -0.1) is 0 Å². The van der Waals surface area contributed by atoms with Crippen LogP contribution in [0.5, 0.6) is 0 Å². The molecule has 21 heavy (non-hydrogen) atoms. The van der Waals surface area contributed by atoms with Crippen molar-refractivity contribution in [2.45, 2.75) is 11.8 Å². The Morgan fingerprint density at radius 3 is 2.19 bits per heavy atom. The maximum Gasteiger partial charge on any atom is 0.255 e. The van der Waals surface area contributed by atoms with E-state index in [1.165, 1.54) is 19.2 Å². The van der Waals surface area contributed by atoms with Gasteiger partial charge in [-0.2, -0.15) is 0 Å². The van der Waals surface area contributed by atoms with Crippen molar-refractivity contribution in [1.82, 2.24) is 4.72 Å². The maximum absolute atomic E-state index is 12.1. The van der Waals surface area contributed by atoms with Gasteiger partial charge in [0.05, 0.1) is 4.90 Å². The number of sulfonamides is 1. The standard InChI is InChI=1S/C15H16N2O3S/c1-11-5-3-4-6-14(11)15(18)17-12-7-9-13(10-8-12)21(19,20)16-2/h3-10,16H,1-2H3,(H,17,18). The summed E-state index contributed by atoms with van der Waals surface area (Å²) in [4.78, 5) is 12.3. The molecular weight excluding hydrogens is 288 g/mol. The molecule has 0 fully saturated rings. The molecule has 110 valence electrons. The Bertz CT molecular complexity index is 753. The van der Waals surface area contributed by atoms with Gasteiger partial charge in [0, 0.05) is 11.3 Å². The van der Waals surface area contributed by atoms with E-state index in [-0.39, 0.29) is 10.8 Å². The molecule has 2 aromatic carbocycles. The van der Waals surface area contributed by atoms with Crippen LogP contribution < -0.4 is 10.0 Å². The number of carbonyl (C=O) groups excluding carboxylic acids is 1. The highest BCUT2D eigenvalue weighted by Crippen LogP contribution is 2.15. The molecule has 0 aromatic heterocycles. The van der Waals surface area contributed by atoms with E-state index in [1.54, 1.807) is 24.3 Å². The van der Waals surface area contributed by atoms with Gasteiger partial charge in [0.1, 0.15) is 0 Å². The number of hydrogen-bond acceptors (Lipinski definition) is 3. The molecule has 1 amide bonds. The van der Waals surface area contributed by atoms with Crippen LogP contribution in [0.1, 0.15) is 15.9 Å². The zero-order valence-corrected chi connectivity index (χ0v) is 12.6. The summed E-state index contributed by atoms with van der Waals surface area (Å²) in [5.41, 5.74) is 2.01. The lowest BCUT2D eigenvalue weighted by atomic mass is 10.1. The Hall–Kier alpha value is -2.18. The van der Waals surface area contributed by atoms with Crippen LogP contribution in [0, 0.1) is 6.92 Å². The average Bonchev–Trinajstić information content (AvgIpc) is 2.48. The number of anilines is 1. The largest absolute Gasteiger partial charge is 0.322 e. The van der Waals surface area contributed by atoms with Crippen molar-refractivity contribution in [1.29, 1.82) is 0 Å². The molecule has 0 atom stereocenters. The minimum Gasteiger partial charge on any atom is -0.322 e. The molecular formula is C15H16N2O3S. The number of amides is 1. The van der Waals surface area contributed by atoms with Crippen molar-refractivity contribution >= 4 is 21.6 Å². The van der Waals surface area contributed by atoms with Gasteiger partial charge in [-0.3, -0.25) is 4.79 Å². The highest BCUT2D eigenvalue weighted by atomic mass is 32.2. The molecule has 0 aliphatic rings. The van der Waals surface area contributed by atoms with Crippen molar-refractivity contribution < 1.29 is 13.2 Å². The molecule has 5 nitrogen and oxygen atoms in total. The topological polar surface area (TPSA) is 75.3 Å². The summed E-state index contributed by atoms with van der Waals surface area (Å²) in [6.45, 7) is 1.86. The lowest BCUT2D eigenvalue weighted by molar-refractivity contribution is 0.102. The molecule has 6 heteroatoms. The first-order valence-electron chi connectivity index (χ1n) is 6.34. The fourth-order valence-electron chi connectivity index (χ4n) is 1.86. The lowest BCUT2D eigenvalue weighted by Crippen LogP contribution is -2.18. The smallest absolute Gasteiger partial charge is 0.255 e. The molecule has 2 aromatic rings. The molecule has 0 saturated carbocycles. The zero-order chi connectivity index (χ0) is 15.5. The Morgan fingerprint density at radius 1 is 1.00 bits per heavy atom. The number of benzene rings is 2. The third-order valence-corrected chi connectivity index (χ3v) is 4.51. The number of aryl methyl sites for hydroxylation is 1. The summed E-state index contributed by atoms with van der Waals surface area (Å²) in [6, 6.07) is 13.3. The van der Waals surface area contributed by atoms with Crippen LogP contribution in [0.2, 0.25) is 0 Å². The normalized spacial score (nSPS) is 11.1. The molecule has 0 unspecified atom stereocenters. The molecule has 0 aliphatic heterocycles. The van der Waals surface area contributed by atoms with Crippen LogP contribution >= 0.6 is 0 Å². The van der Waals surface area contributed by atoms with Crippen LogP contribution in [0.15, 0.2) is 53.4 Å². The minimum absolute atomic E-state index is 0.152. The van der Waals surface area contributed by atoms with Gasteiger partial charge in [0.15, 0.2) is 0 Å². The second kappa shape index (κ2) is 6.07. The molecule has 0 radical (unpaired) electrons. The quantitative estimate of drug-likeness (QED) is 0.909. The first-order valence-corrected chi connectivity index (χ1v) is 7.83. The second-order valence-corrected chi connectivity index (χ2v) is 6.39. The monoisotopic (exact) mass is 304 g/mol. The van der Waals surface area contributed by atoms with E-state index in [0.717, 1.165) is 5.56 Å². The second-order valence-electron chi connectivity index (χ2n) is 4.50. The van der Waals surface area contributed by atoms with Crippen LogP contribution in [-0.4, -0.2) is 21.4 Å². The van der Waals surface area contributed by atoms with Gasteiger partial charge in [-0.25, -0.2) is 13.1 Å². The van der Waals surface area contributed by atoms with Gasteiger partial charge in [-0.1, -0.05) is 18.2 Å². The van der Waals surface area contributed by atoms with Gasteiger partial charge < -0.3 is 5.32 Å². The SMILES string of the molecule is CNS(=O)(=O)c1ccc(NC(=O)c2ccccc2C)cc1. The van der Waals surface area contributed by atoms with Crippen molar-refractivity contribution in [3.8, 4) is 0 Å². The van der Waals surface area contributed by atoms with E-state index in [4.69, 9.17) is 0 Å². The van der Waals surface area contributed by atoms with E-state index in [9.17, 15) is 13.2 Å². The molecule has 0 heterocycles. The number of hydrogen-bond donors (Lipinski definition) is 2. The first kappa shape index (κ1) is 15.2. The summed E-state index contributed by atoms with van der Waals surface area (Å²) in [5.74, 6) is -0.225. The number of nitrogens with one attached hydrogen (secondary N) is 2. The van der Waals surface area contributed by atoms with Gasteiger partial charge in [0.25, 0.3) is 5.91 Å². The maximum atomic E-state index is 12.1. The van der Waals surface area contributed by atoms with E-state index < -0.39 is 10.0 Å². The van der Waals surface area contributed by atoms with Crippen molar-refractivity contribution in [2.75, 3.05) is 12.4 Å². The van der Waals surface area contributed by atoms with Crippen molar-refractivity contribution in [2.24, 2.45) is 0 Å². The summed E-state index contributed by atoms with van der Waals surface area (Å²) in [7, 11) is -2.11. The molecule has 0 bridgehead atoms. The Balaban J connectivity index is 2.18. The van der Waals surface area contributed by atoms with Crippen LogP contribution in [-0.2, 0) is 10.0 Å². The Morgan fingerprint density at radius 2 is 1.62 bits per heavy atom. The number of carbonyl (C=O) groups is 1. The van der Waals surface area contributed by atoms with Gasteiger partial charge in [-0.05, 0) is 49.9 Å². The highest BCUT2D eigenvalue weighted by Gasteiger charge is 2.12. The molecule has 2 rings (SSSR count). The van der Waals surface area contributed by atoms with Gasteiger partial charge >= 0.3 is 0 Å². The summed E-state index contributed by atoms with van der Waals surface area (Å²) >= 11 is 0. The fraction of sp³-hybridized carbons (Fsp3) is 0.133. The summed E-state index contributed by atoms with van der Waals surface area (Å²) in [6.07, 6.45) is 0. The first-order chi connectivity index (χ1) is 9.94. The average molecular weight is 304 g/mol. The van der Waals surface area contributed by atoms with Gasteiger partial charge in [0.2, 0.25) is 10.0 Å². The summed E-state index contributed by atoms with van der Waals surface area (Å²) < 4.78 is 25.4. The van der Waals surface area contributed by atoms with Crippen LogP contribution in [0.25, 0.3) is 0 Å². The summed E-state index contributed by atoms with van der Waals surface area (Å²) in [5, 5.41) is 2.74. The van der Waals surface area contributed by atoms with Crippen LogP contribution in [0.4, 0.5) is 5.69 Å². The predicted molar refractivity (Wildman–Crippen MR) is 81.8 cm³/mol. The third kappa shape index (κ3) is 3.48. The Labute approximate surface area is 124 Å². The van der Waals surface area contributed by atoms with E-state index >= 15 is 0 Å². The van der Waals surface area contributed by atoms with Crippen LogP contribution in [0.3, 0.4) is 0 Å². The predicted octanol–water partition coefficient (Wildman–Crippen LogP) is 2.16. The highest BCUT2D eigenvalue weighted by molar-refractivity contribution is 7.89. The van der Waals surface area contributed by atoms with E-state index in [0.29, 0.717) is 11.3 Å². The van der Waals surface area contributed by atoms with Crippen molar-refractivity contribution in [3.05, 3.63) is 59.7 Å². The fourth-order valence-corrected chi connectivity index (χ4v) is 2.59. The molecule has 0 spiro atoms. The number of rotatable bonds is 4. The minimum atomic E-state index is -3.47.